The number of likely N-dealkylation sites (N-methyl/N-ethyl adjacent to an activating group) is 1. The zero-order chi connectivity index (χ0) is 12.7. The molecule has 5 heteroatoms. The van der Waals surface area contributed by atoms with Crippen LogP contribution in [0.1, 0.15) is 5.56 Å². The number of nitrogens with zero attached hydrogens (tertiary/aromatic N) is 2. The van der Waals surface area contributed by atoms with Gasteiger partial charge in [0.25, 0.3) is 0 Å². The van der Waals surface area contributed by atoms with Crippen LogP contribution in [0.2, 0.25) is 0 Å². The summed E-state index contributed by atoms with van der Waals surface area (Å²) in [6.45, 7) is 0.630. The van der Waals surface area contributed by atoms with Crippen molar-refractivity contribution in [3.63, 3.8) is 0 Å². The number of nitrogens with one attached hydrogen (secondary N) is 1. The Morgan fingerprint density at radius 3 is 3.00 bits per heavy atom. The molecular weight excluding hydrogens is 216 g/mol. The van der Waals surface area contributed by atoms with Crippen molar-refractivity contribution in [3.05, 3.63) is 23.9 Å². The summed E-state index contributed by atoms with van der Waals surface area (Å²) in [7, 11) is 3.66. The van der Waals surface area contributed by atoms with E-state index in [1.807, 2.05) is 14.1 Å². The van der Waals surface area contributed by atoms with E-state index in [4.69, 9.17) is 5.73 Å². The summed E-state index contributed by atoms with van der Waals surface area (Å²) in [5.74, 6) is 6.02. The van der Waals surface area contributed by atoms with Gasteiger partial charge in [-0.05, 0) is 26.2 Å². The molecule has 5 nitrogen and oxygen atoms in total. The van der Waals surface area contributed by atoms with Crippen molar-refractivity contribution in [1.29, 1.82) is 0 Å². The highest BCUT2D eigenvalue weighted by atomic mass is 16.2. The van der Waals surface area contributed by atoms with Gasteiger partial charge >= 0.3 is 0 Å². The van der Waals surface area contributed by atoms with E-state index in [9.17, 15) is 4.79 Å². The van der Waals surface area contributed by atoms with Crippen molar-refractivity contribution in [2.24, 2.45) is 5.73 Å². The predicted octanol–water partition coefficient (Wildman–Crippen LogP) is -0.108. The quantitative estimate of drug-likeness (QED) is 0.713. The third-order valence-corrected chi connectivity index (χ3v) is 1.82. The molecule has 0 saturated carbocycles. The maximum absolute atomic E-state index is 11.5. The van der Waals surface area contributed by atoms with Gasteiger partial charge in [-0.3, -0.25) is 4.79 Å². The lowest BCUT2D eigenvalue weighted by molar-refractivity contribution is -0.116. The summed E-state index contributed by atoms with van der Waals surface area (Å²) in [6.07, 6.45) is 1.60. The number of anilines is 1. The van der Waals surface area contributed by atoms with Crippen LogP contribution in [0, 0.1) is 11.8 Å². The first-order valence-electron chi connectivity index (χ1n) is 5.21. The molecule has 0 unspecified atom stereocenters. The first-order valence-corrected chi connectivity index (χ1v) is 5.21. The van der Waals surface area contributed by atoms with Crippen molar-refractivity contribution < 1.29 is 4.79 Å². The Balaban J connectivity index is 2.68. The van der Waals surface area contributed by atoms with E-state index in [1.54, 1.807) is 23.2 Å². The molecule has 17 heavy (non-hydrogen) atoms. The molecular formula is C12H16N4O. The molecule has 0 bridgehead atoms. The molecule has 1 heterocycles. The van der Waals surface area contributed by atoms with Crippen LogP contribution in [0.3, 0.4) is 0 Å². The minimum Gasteiger partial charge on any atom is -0.320 e. The zero-order valence-corrected chi connectivity index (χ0v) is 10.0. The van der Waals surface area contributed by atoms with Crippen molar-refractivity contribution in [1.82, 2.24) is 9.88 Å². The van der Waals surface area contributed by atoms with Crippen LogP contribution in [0.4, 0.5) is 5.82 Å². The smallest absolute Gasteiger partial charge is 0.239 e. The molecule has 1 aromatic heterocycles. The molecule has 0 aliphatic carbocycles. The fraction of sp³-hybridized carbons (Fsp3) is 0.333. The van der Waals surface area contributed by atoms with Crippen LogP contribution in [0.5, 0.6) is 0 Å². The summed E-state index contributed by atoms with van der Waals surface area (Å²) >= 11 is 0. The Morgan fingerprint density at radius 1 is 1.59 bits per heavy atom. The van der Waals surface area contributed by atoms with Crippen LogP contribution in [0.25, 0.3) is 0 Å². The summed E-state index contributed by atoms with van der Waals surface area (Å²) in [6, 6.07) is 3.49. The highest BCUT2D eigenvalue weighted by Crippen LogP contribution is 2.05. The number of hydrogen-bond donors (Lipinski definition) is 2. The Hall–Kier alpha value is -1.90. The minimum atomic E-state index is -0.105. The third-order valence-electron chi connectivity index (χ3n) is 1.82. The Morgan fingerprint density at radius 2 is 2.35 bits per heavy atom. The van der Waals surface area contributed by atoms with Crippen molar-refractivity contribution in [3.8, 4) is 11.8 Å². The van der Waals surface area contributed by atoms with Gasteiger partial charge in [-0.25, -0.2) is 4.98 Å². The summed E-state index contributed by atoms with van der Waals surface area (Å²) in [5.41, 5.74) is 6.07. The molecule has 1 rings (SSSR count). The number of carbonyl (C=O) groups excluding carboxylic acids is 1. The van der Waals surface area contributed by atoms with Crippen molar-refractivity contribution >= 4 is 11.7 Å². The number of aromatic nitrogens is 1. The van der Waals surface area contributed by atoms with Crippen molar-refractivity contribution in [2.75, 3.05) is 32.5 Å². The lowest BCUT2D eigenvalue weighted by Gasteiger charge is -2.09. The largest absolute Gasteiger partial charge is 0.320 e. The van der Waals surface area contributed by atoms with Crippen LogP contribution in [-0.2, 0) is 4.79 Å². The monoisotopic (exact) mass is 232 g/mol. The highest BCUT2D eigenvalue weighted by molar-refractivity contribution is 5.91. The first kappa shape index (κ1) is 13.2. The molecule has 0 fully saturated rings. The van der Waals surface area contributed by atoms with Crippen molar-refractivity contribution in [2.45, 2.75) is 0 Å². The summed E-state index contributed by atoms with van der Waals surface area (Å²) in [4.78, 5) is 17.3. The SMILES string of the molecule is CN(C)CC(=O)Nc1cc(C#CCN)ccn1. The van der Waals surface area contributed by atoms with E-state index < -0.39 is 0 Å². The van der Waals surface area contributed by atoms with E-state index >= 15 is 0 Å². The maximum Gasteiger partial charge on any atom is 0.239 e. The molecule has 0 saturated heterocycles. The van der Waals surface area contributed by atoms with Gasteiger partial charge in [-0.2, -0.15) is 0 Å². The standard InChI is InChI=1S/C12H16N4O/c1-16(2)9-12(17)15-11-8-10(4-3-6-13)5-7-14-11/h5,7-8H,6,9,13H2,1-2H3,(H,14,15,17). The molecule has 0 aromatic carbocycles. The third kappa shape index (κ3) is 5.11. The molecule has 0 aliphatic heterocycles. The molecule has 0 spiro atoms. The maximum atomic E-state index is 11.5. The van der Waals surface area contributed by atoms with E-state index in [1.165, 1.54) is 0 Å². The average molecular weight is 232 g/mol. The molecule has 1 aromatic rings. The van der Waals surface area contributed by atoms with Gasteiger partial charge in [0, 0.05) is 11.8 Å². The zero-order valence-electron chi connectivity index (χ0n) is 10.0. The van der Waals surface area contributed by atoms with E-state index in [-0.39, 0.29) is 5.91 Å². The molecule has 0 atom stereocenters. The normalized spacial score (nSPS) is 9.65. The van der Waals surface area contributed by atoms with E-state index in [0.717, 1.165) is 5.56 Å². The summed E-state index contributed by atoms with van der Waals surface area (Å²) < 4.78 is 0. The number of rotatable bonds is 3. The number of carbonyl (C=O) groups is 1. The van der Waals surface area contributed by atoms with Gasteiger partial charge in [0.05, 0.1) is 13.1 Å². The van der Waals surface area contributed by atoms with Crippen LogP contribution >= 0.6 is 0 Å². The molecule has 3 N–H and O–H groups in total. The van der Waals surface area contributed by atoms with Gasteiger partial charge in [0.2, 0.25) is 5.91 Å². The second kappa shape index (κ2) is 6.63. The predicted molar refractivity (Wildman–Crippen MR) is 67.4 cm³/mol. The molecule has 90 valence electrons. The fourth-order valence-electron chi connectivity index (χ4n) is 1.20. The fourth-order valence-corrected chi connectivity index (χ4v) is 1.20. The molecule has 0 radical (unpaired) electrons. The lowest BCUT2D eigenvalue weighted by Crippen LogP contribution is -2.27. The second-order valence-electron chi connectivity index (χ2n) is 3.72. The van der Waals surface area contributed by atoms with Gasteiger partial charge in [0.1, 0.15) is 5.82 Å². The second-order valence-corrected chi connectivity index (χ2v) is 3.72. The van der Waals surface area contributed by atoms with Crippen LogP contribution in [-0.4, -0.2) is 43.0 Å². The minimum absolute atomic E-state index is 0.105. The van der Waals surface area contributed by atoms with Gasteiger partial charge in [-0.15, -0.1) is 0 Å². The average Bonchev–Trinajstić information content (AvgIpc) is 2.25. The number of hydrogen-bond acceptors (Lipinski definition) is 4. The van der Waals surface area contributed by atoms with Gasteiger partial charge in [0.15, 0.2) is 0 Å². The van der Waals surface area contributed by atoms with Crippen LogP contribution in [0.15, 0.2) is 18.3 Å². The number of pyridine rings is 1. The van der Waals surface area contributed by atoms with Gasteiger partial charge in [-0.1, -0.05) is 11.8 Å². The first-order chi connectivity index (χ1) is 8.11. The Kier molecular flexibility index (Phi) is 5.14. The Labute approximate surface area is 101 Å². The highest BCUT2D eigenvalue weighted by Gasteiger charge is 2.04. The number of nitrogens with two attached hydrogens (primary N) is 1. The van der Waals surface area contributed by atoms with Gasteiger partial charge < -0.3 is 16.0 Å². The Bertz CT molecular complexity index is 445. The number of amides is 1. The lowest BCUT2D eigenvalue weighted by atomic mass is 10.2. The van der Waals surface area contributed by atoms with Crippen LogP contribution < -0.4 is 11.1 Å². The van der Waals surface area contributed by atoms with E-state index in [0.29, 0.717) is 18.9 Å². The summed E-state index contributed by atoms with van der Waals surface area (Å²) in [5, 5.41) is 2.70. The van der Waals surface area contributed by atoms with E-state index in [2.05, 4.69) is 22.1 Å². The molecule has 0 aliphatic rings. The molecule has 1 amide bonds. The topological polar surface area (TPSA) is 71.2 Å².